The van der Waals surface area contributed by atoms with E-state index in [4.69, 9.17) is 21.4 Å². The lowest BCUT2D eigenvalue weighted by Gasteiger charge is -2.11. The second-order valence-electron chi connectivity index (χ2n) is 5.08. The van der Waals surface area contributed by atoms with Crippen LogP contribution in [-0.4, -0.2) is 24.1 Å². The Bertz CT molecular complexity index is 1000. The maximum absolute atomic E-state index is 13.3. The first kappa shape index (κ1) is 17.2. The molecule has 0 saturated carbocycles. The number of thiophene rings is 1. The Labute approximate surface area is 150 Å². The SMILES string of the molecule is COc1cc(NC(=O)c2cc3cc(F)ccc3s2)c(Cl)cc1C(=O)O. The lowest BCUT2D eigenvalue weighted by molar-refractivity contribution is 0.0693. The number of amides is 1. The van der Waals surface area contributed by atoms with E-state index in [2.05, 4.69) is 5.32 Å². The number of methoxy groups -OCH3 is 1. The molecule has 0 aliphatic rings. The molecule has 2 N–H and O–H groups in total. The van der Waals surface area contributed by atoms with Crippen LogP contribution in [0, 0.1) is 5.82 Å². The third-order valence-electron chi connectivity index (χ3n) is 3.47. The molecule has 0 fully saturated rings. The Kier molecular flexibility index (Phi) is 4.61. The minimum Gasteiger partial charge on any atom is -0.496 e. The predicted molar refractivity (Wildman–Crippen MR) is 94.7 cm³/mol. The monoisotopic (exact) mass is 379 g/mol. The van der Waals surface area contributed by atoms with Gasteiger partial charge in [-0.1, -0.05) is 11.6 Å². The van der Waals surface area contributed by atoms with Gasteiger partial charge in [-0.2, -0.15) is 0 Å². The molecule has 0 saturated heterocycles. The van der Waals surface area contributed by atoms with Gasteiger partial charge in [-0.15, -0.1) is 11.3 Å². The molecule has 3 aromatic rings. The number of carbonyl (C=O) groups excluding carboxylic acids is 1. The second-order valence-corrected chi connectivity index (χ2v) is 6.58. The third-order valence-corrected chi connectivity index (χ3v) is 4.90. The zero-order valence-corrected chi connectivity index (χ0v) is 14.4. The van der Waals surface area contributed by atoms with Crippen LogP contribution in [0.2, 0.25) is 5.02 Å². The van der Waals surface area contributed by atoms with E-state index in [1.807, 2.05) is 0 Å². The summed E-state index contributed by atoms with van der Waals surface area (Å²) in [5.41, 5.74) is 0.111. The first-order chi connectivity index (χ1) is 11.9. The maximum atomic E-state index is 13.3. The van der Waals surface area contributed by atoms with Gasteiger partial charge in [0.05, 0.1) is 22.7 Å². The van der Waals surface area contributed by atoms with Crippen molar-refractivity contribution in [3.05, 3.63) is 57.7 Å². The van der Waals surface area contributed by atoms with Gasteiger partial charge in [-0.3, -0.25) is 4.79 Å². The van der Waals surface area contributed by atoms with Gasteiger partial charge in [0, 0.05) is 10.8 Å². The van der Waals surface area contributed by atoms with Crippen molar-refractivity contribution in [1.82, 2.24) is 0 Å². The zero-order chi connectivity index (χ0) is 18.1. The summed E-state index contributed by atoms with van der Waals surface area (Å²) in [5, 5.41) is 12.4. The summed E-state index contributed by atoms with van der Waals surface area (Å²) in [6.45, 7) is 0. The number of nitrogens with one attached hydrogen (secondary N) is 1. The second kappa shape index (κ2) is 6.70. The van der Waals surface area contributed by atoms with Gasteiger partial charge in [-0.05, 0) is 35.7 Å². The molecule has 0 bridgehead atoms. The average Bonchev–Trinajstić information content (AvgIpc) is 2.99. The highest BCUT2D eigenvalue weighted by Gasteiger charge is 2.18. The fraction of sp³-hybridized carbons (Fsp3) is 0.0588. The lowest BCUT2D eigenvalue weighted by Crippen LogP contribution is -2.11. The predicted octanol–water partition coefficient (Wildman–Crippen LogP) is 4.65. The average molecular weight is 380 g/mol. The van der Waals surface area contributed by atoms with Crippen molar-refractivity contribution in [3.63, 3.8) is 0 Å². The van der Waals surface area contributed by atoms with E-state index in [9.17, 15) is 14.0 Å². The van der Waals surface area contributed by atoms with Crippen LogP contribution >= 0.6 is 22.9 Å². The number of rotatable bonds is 4. The zero-order valence-electron chi connectivity index (χ0n) is 12.8. The summed E-state index contributed by atoms with van der Waals surface area (Å²) in [5.74, 6) is -1.93. The van der Waals surface area contributed by atoms with Crippen LogP contribution in [0.1, 0.15) is 20.0 Å². The number of carboxylic acids is 1. The van der Waals surface area contributed by atoms with Gasteiger partial charge < -0.3 is 15.2 Å². The summed E-state index contributed by atoms with van der Waals surface area (Å²) in [4.78, 5) is 24.0. The van der Waals surface area contributed by atoms with Crippen molar-refractivity contribution in [2.75, 3.05) is 12.4 Å². The first-order valence-corrected chi connectivity index (χ1v) is 8.19. The minimum atomic E-state index is -1.19. The van der Waals surface area contributed by atoms with E-state index in [1.54, 1.807) is 12.1 Å². The topological polar surface area (TPSA) is 75.6 Å². The Morgan fingerprint density at radius 3 is 2.68 bits per heavy atom. The summed E-state index contributed by atoms with van der Waals surface area (Å²) >= 11 is 7.26. The number of carbonyl (C=O) groups is 2. The molecule has 1 aromatic heterocycles. The summed E-state index contributed by atoms with van der Waals surface area (Å²) < 4.78 is 19.1. The van der Waals surface area contributed by atoms with E-state index in [0.29, 0.717) is 10.3 Å². The summed E-state index contributed by atoms with van der Waals surface area (Å²) in [7, 11) is 1.32. The fourth-order valence-electron chi connectivity index (χ4n) is 2.30. The van der Waals surface area contributed by atoms with Crippen molar-refractivity contribution in [1.29, 1.82) is 0 Å². The van der Waals surface area contributed by atoms with E-state index in [1.165, 1.54) is 42.7 Å². The van der Waals surface area contributed by atoms with Crippen LogP contribution in [0.5, 0.6) is 5.75 Å². The normalized spacial score (nSPS) is 10.7. The fourth-order valence-corrected chi connectivity index (χ4v) is 3.44. The van der Waals surface area contributed by atoms with E-state index in [-0.39, 0.29) is 27.8 Å². The molecule has 8 heteroatoms. The number of aromatic carboxylic acids is 1. The molecule has 2 aromatic carbocycles. The van der Waals surface area contributed by atoms with Crippen molar-refractivity contribution in [2.45, 2.75) is 0 Å². The van der Waals surface area contributed by atoms with Crippen LogP contribution in [0.15, 0.2) is 36.4 Å². The smallest absolute Gasteiger partial charge is 0.339 e. The van der Waals surface area contributed by atoms with Gasteiger partial charge in [-0.25, -0.2) is 9.18 Å². The highest BCUT2D eigenvalue weighted by molar-refractivity contribution is 7.20. The highest BCUT2D eigenvalue weighted by atomic mass is 35.5. The molecule has 1 heterocycles. The number of hydrogen-bond acceptors (Lipinski definition) is 4. The van der Waals surface area contributed by atoms with Crippen LogP contribution in [0.25, 0.3) is 10.1 Å². The van der Waals surface area contributed by atoms with Crippen LogP contribution < -0.4 is 10.1 Å². The molecule has 1 amide bonds. The third kappa shape index (κ3) is 3.42. The maximum Gasteiger partial charge on any atom is 0.339 e. The molecule has 3 rings (SSSR count). The molecular formula is C17H11ClFNO4S. The quantitative estimate of drug-likeness (QED) is 0.691. The van der Waals surface area contributed by atoms with Crippen molar-refractivity contribution in [2.24, 2.45) is 0 Å². The minimum absolute atomic E-state index is 0.0682. The Morgan fingerprint density at radius 1 is 1.24 bits per heavy atom. The molecule has 0 unspecified atom stereocenters. The van der Waals surface area contributed by atoms with Gasteiger partial charge in [0.15, 0.2) is 0 Å². The molecule has 128 valence electrons. The number of anilines is 1. The van der Waals surface area contributed by atoms with Crippen LogP contribution in [0.3, 0.4) is 0 Å². The standard InChI is InChI=1S/C17H11ClFNO4S/c1-24-13-7-12(11(18)6-10(13)17(22)23)20-16(21)15-5-8-4-9(19)2-3-14(8)25-15/h2-7H,1H3,(H,20,21)(H,22,23). The number of benzene rings is 2. The van der Waals surface area contributed by atoms with E-state index >= 15 is 0 Å². The number of ether oxygens (including phenoxy) is 1. The van der Waals surface area contributed by atoms with Gasteiger partial charge in [0.1, 0.15) is 17.1 Å². The highest BCUT2D eigenvalue weighted by Crippen LogP contribution is 2.32. The van der Waals surface area contributed by atoms with Crippen molar-refractivity contribution >= 4 is 50.6 Å². The van der Waals surface area contributed by atoms with Gasteiger partial charge in [0.2, 0.25) is 0 Å². The molecule has 25 heavy (non-hydrogen) atoms. The van der Waals surface area contributed by atoms with Gasteiger partial charge >= 0.3 is 5.97 Å². The van der Waals surface area contributed by atoms with Crippen LogP contribution in [0.4, 0.5) is 10.1 Å². The number of halogens is 2. The lowest BCUT2D eigenvalue weighted by atomic mass is 10.1. The van der Waals surface area contributed by atoms with Crippen molar-refractivity contribution in [3.8, 4) is 5.75 Å². The molecular weight excluding hydrogens is 369 g/mol. The van der Waals surface area contributed by atoms with Gasteiger partial charge in [0.25, 0.3) is 5.91 Å². The first-order valence-electron chi connectivity index (χ1n) is 7.00. The summed E-state index contributed by atoms with van der Waals surface area (Å²) in [6, 6.07) is 8.40. The molecule has 0 aliphatic heterocycles. The molecule has 0 atom stereocenters. The van der Waals surface area contributed by atoms with E-state index < -0.39 is 11.9 Å². The largest absolute Gasteiger partial charge is 0.496 e. The molecule has 5 nitrogen and oxygen atoms in total. The Morgan fingerprint density at radius 2 is 2.00 bits per heavy atom. The number of hydrogen-bond donors (Lipinski definition) is 2. The Hall–Kier alpha value is -2.64. The number of fused-ring (bicyclic) bond motifs is 1. The van der Waals surface area contributed by atoms with Crippen molar-refractivity contribution < 1.29 is 23.8 Å². The molecule has 0 spiro atoms. The molecule has 0 aliphatic carbocycles. The van der Waals surface area contributed by atoms with Crippen LogP contribution in [-0.2, 0) is 0 Å². The Balaban J connectivity index is 1.92. The van der Waals surface area contributed by atoms with E-state index in [0.717, 1.165) is 4.70 Å². The number of carboxylic acid groups (broad SMARTS) is 1. The summed E-state index contributed by atoms with van der Waals surface area (Å²) in [6.07, 6.45) is 0. The molecule has 0 radical (unpaired) electrons.